The molecule has 26 heavy (non-hydrogen) atoms. The summed E-state index contributed by atoms with van der Waals surface area (Å²) in [5, 5.41) is 12.3. The highest BCUT2D eigenvalue weighted by Gasteiger charge is 2.52. The van der Waals surface area contributed by atoms with Crippen molar-refractivity contribution in [3.63, 3.8) is 0 Å². The van der Waals surface area contributed by atoms with Gasteiger partial charge in [0, 0.05) is 16.5 Å². The molecule has 0 spiro atoms. The smallest absolute Gasteiger partial charge is 0.154 e. The fourth-order valence-electron chi connectivity index (χ4n) is 3.50. The van der Waals surface area contributed by atoms with Crippen LogP contribution in [0, 0.1) is 17.8 Å². The van der Waals surface area contributed by atoms with E-state index < -0.39 is 5.60 Å². The van der Waals surface area contributed by atoms with E-state index in [2.05, 4.69) is 11.8 Å². The molecular weight excluding hydrogens is 340 g/mol. The predicted molar refractivity (Wildman–Crippen MR) is 106 cm³/mol. The molecule has 3 atom stereocenters. The number of halogens is 1. The molecule has 0 radical (unpaired) electrons. The second-order valence-electron chi connectivity index (χ2n) is 6.75. The van der Waals surface area contributed by atoms with Gasteiger partial charge in [-0.25, -0.2) is 0 Å². The zero-order valence-electron chi connectivity index (χ0n) is 14.3. The van der Waals surface area contributed by atoms with Crippen LogP contribution in [0.4, 0.5) is 0 Å². The molecule has 3 aromatic rings. The maximum absolute atomic E-state index is 11.6. The van der Waals surface area contributed by atoms with Crippen LogP contribution >= 0.6 is 11.6 Å². The Morgan fingerprint density at radius 3 is 2.12 bits per heavy atom. The third-order valence-electron chi connectivity index (χ3n) is 5.01. The third kappa shape index (κ3) is 3.40. The van der Waals surface area contributed by atoms with E-state index in [4.69, 9.17) is 11.6 Å². The second-order valence-corrected chi connectivity index (χ2v) is 7.19. The summed E-state index contributed by atoms with van der Waals surface area (Å²) in [6, 6.07) is 27.5. The summed E-state index contributed by atoms with van der Waals surface area (Å²) in [5.74, 6) is 6.71. The lowest BCUT2D eigenvalue weighted by Crippen LogP contribution is -2.27. The highest BCUT2D eigenvalue weighted by Crippen LogP contribution is 2.56. The molecular formula is C24H19ClO. The van der Waals surface area contributed by atoms with Crippen LogP contribution in [-0.4, -0.2) is 5.11 Å². The maximum atomic E-state index is 11.6. The van der Waals surface area contributed by atoms with E-state index in [1.54, 1.807) is 0 Å². The van der Waals surface area contributed by atoms with Gasteiger partial charge < -0.3 is 5.11 Å². The van der Waals surface area contributed by atoms with Crippen LogP contribution in [0.15, 0.2) is 84.9 Å². The SMILES string of the molecule is OC(C#Cc1ccccc1)(c1ccccc1)C1CC1c1ccc(Cl)cc1. The van der Waals surface area contributed by atoms with E-state index >= 15 is 0 Å². The van der Waals surface area contributed by atoms with Crippen molar-refractivity contribution in [2.45, 2.75) is 17.9 Å². The van der Waals surface area contributed by atoms with Gasteiger partial charge in [0.25, 0.3) is 0 Å². The van der Waals surface area contributed by atoms with Crippen LogP contribution in [0.25, 0.3) is 0 Å². The molecule has 3 unspecified atom stereocenters. The van der Waals surface area contributed by atoms with Crippen molar-refractivity contribution >= 4 is 11.6 Å². The zero-order chi connectivity index (χ0) is 18.0. The first-order valence-corrected chi connectivity index (χ1v) is 9.16. The first kappa shape index (κ1) is 16.9. The van der Waals surface area contributed by atoms with E-state index in [9.17, 15) is 5.11 Å². The van der Waals surface area contributed by atoms with Gasteiger partial charge in [0.1, 0.15) is 0 Å². The lowest BCUT2D eigenvalue weighted by atomic mass is 9.87. The average molecular weight is 359 g/mol. The summed E-state index contributed by atoms with van der Waals surface area (Å²) in [6.07, 6.45) is 0.913. The fraction of sp³-hybridized carbons (Fsp3) is 0.167. The van der Waals surface area contributed by atoms with Gasteiger partial charge >= 0.3 is 0 Å². The molecule has 128 valence electrons. The summed E-state index contributed by atoms with van der Waals surface area (Å²) >= 11 is 6.00. The largest absolute Gasteiger partial charge is 0.373 e. The van der Waals surface area contributed by atoms with Crippen molar-refractivity contribution in [1.29, 1.82) is 0 Å². The van der Waals surface area contributed by atoms with Gasteiger partial charge in [-0.2, -0.15) is 0 Å². The second kappa shape index (κ2) is 7.00. The lowest BCUT2D eigenvalue weighted by molar-refractivity contribution is 0.0733. The highest BCUT2D eigenvalue weighted by atomic mass is 35.5. The van der Waals surface area contributed by atoms with Crippen molar-refractivity contribution in [1.82, 2.24) is 0 Å². The standard InChI is InChI=1S/C24H19ClO/c25-21-13-11-19(12-14-21)22-17-23(22)24(26,20-9-5-2-6-10-20)16-15-18-7-3-1-4-8-18/h1-14,22-23,26H,17H2. The van der Waals surface area contributed by atoms with E-state index in [0.717, 1.165) is 22.6 Å². The highest BCUT2D eigenvalue weighted by molar-refractivity contribution is 6.30. The Morgan fingerprint density at radius 1 is 0.846 bits per heavy atom. The molecule has 0 aromatic heterocycles. The average Bonchev–Trinajstić information content (AvgIpc) is 3.50. The summed E-state index contributed by atoms with van der Waals surface area (Å²) < 4.78 is 0. The van der Waals surface area contributed by atoms with Crippen LogP contribution in [-0.2, 0) is 5.60 Å². The molecule has 0 amide bonds. The summed E-state index contributed by atoms with van der Waals surface area (Å²) in [4.78, 5) is 0. The summed E-state index contributed by atoms with van der Waals surface area (Å²) in [6.45, 7) is 0. The molecule has 0 bridgehead atoms. The zero-order valence-corrected chi connectivity index (χ0v) is 15.0. The lowest BCUT2D eigenvalue weighted by Gasteiger charge is -2.23. The van der Waals surface area contributed by atoms with Crippen molar-refractivity contribution < 1.29 is 5.11 Å². The van der Waals surface area contributed by atoms with Crippen LogP contribution in [0.2, 0.25) is 5.02 Å². The minimum absolute atomic E-state index is 0.0716. The van der Waals surface area contributed by atoms with E-state index in [1.807, 2.05) is 84.9 Å². The summed E-state index contributed by atoms with van der Waals surface area (Å²) in [7, 11) is 0. The number of rotatable bonds is 3. The minimum Gasteiger partial charge on any atom is -0.373 e. The third-order valence-corrected chi connectivity index (χ3v) is 5.26. The molecule has 0 aliphatic heterocycles. The monoisotopic (exact) mass is 358 g/mol. The van der Waals surface area contributed by atoms with Gasteiger partial charge in [-0.3, -0.25) is 0 Å². The van der Waals surface area contributed by atoms with Gasteiger partial charge in [0.2, 0.25) is 0 Å². The molecule has 1 aliphatic rings. The summed E-state index contributed by atoms with van der Waals surface area (Å²) in [5.41, 5.74) is 1.80. The predicted octanol–water partition coefficient (Wildman–Crippen LogP) is 5.38. The molecule has 1 nitrogen and oxygen atoms in total. The maximum Gasteiger partial charge on any atom is 0.154 e. The number of aliphatic hydroxyl groups is 1. The van der Waals surface area contributed by atoms with Crippen molar-refractivity contribution in [2.75, 3.05) is 0 Å². The Kier molecular flexibility index (Phi) is 4.55. The minimum atomic E-state index is -1.17. The Balaban J connectivity index is 1.69. The quantitative estimate of drug-likeness (QED) is 0.623. The van der Waals surface area contributed by atoms with Gasteiger partial charge in [0.15, 0.2) is 5.60 Å². The number of hydrogen-bond acceptors (Lipinski definition) is 1. The van der Waals surface area contributed by atoms with Gasteiger partial charge in [-0.05, 0) is 47.7 Å². The molecule has 1 aliphatic carbocycles. The Hall–Kier alpha value is -2.53. The van der Waals surface area contributed by atoms with Crippen LogP contribution in [0.1, 0.15) is 29.0 Å². The molecule has 1 fully saturated rings. The van der Waals surface area contributed by atoms with Crippen LogP contribution < -0.4 is 0 Å². The number of benzene rings is 3. The molecule has 0 saturated heterocycles. The molecule has 2 heteroatoms. The molecule has 1 saturated carbocycles. The molecule has 1 N–H and O–H groups in total. The van der Waals surface area contributed by atoms with Crippen LogP contribution in [0.5, 0.6) is 0 Å². The van der Waals surface area contributed by atoms with Crippen molar-refractivity contribution in [3.05, 3.63) is 107 Å². The fourth-order valence-corrected chi connectivity index (χ4v) is 3.62. The van der Waals surface area contributed by atoms with Gasteiger partial charge in [-0.15, -0.1) is 0 Å². The normalized spacial score (nSPS) is 20.5. The van der Waals surface area contributed by atoms with Crippen LogP contribution in [0.3, 0.4) is 0 Å². The first-order valence-electron chi connectivity index (χ1n) is 8.78. The first-order chi connectivity index (χ1) is 12.7. The van der Waals surface area contributed by atoms with Crippen molar-refractivity contribution in [3.8, 4) is 11.8 Å². The Bertz CT molecular complexity index is 938. The van der Waals surface area contributed by atoms with E-state index in [1.165, 1.54) is 5.56 Å². The van der Waals surface area contributed by atoms with Gasteiger partial charge in [-0.1, -0.05) is 84.1 Å². The molecule has 4 rings (SSSR count). The van der Waals surface area contributed by atoms with Crippen molar-refractivity contribution in [2.24, 2.45) is 5.92 Å². The number of hydrogen-bond donors (Lipinski definition) is 1. The topological polar surface area (TPSA) is 20.2 Å². The van der Waals surface area contributed by atoms with E-state index in [-0.39, 0.29) is 5.92 Å². The Labute approximate surface area is 159 Å². The Morgan fingerprint density at radius 2 is 1.46 bits per heavy atom. The molecule has 3 aromatic carbocycles. The molecule has 0 heterocycles. The van der Waals surface area contributed by atoms with E-state index in [0.29, 0.717) is 5.92 Å². The van der Waals surface area contributed by atoms with Gasteiger partial charge in [0.05, 0.1) is 0 Å².